The minimum atomic E-state index is -0.0953. The van der Waals surface area contributed by atoms with Crippen LogP contribution in [0.15, 0.2) is 36.5 Å². The number of para-hydroxylation sites is 1. The summed E-state index contributed by atoms with van der Waals surface area (Å²) in [7, 11) is 0. The maximum absolute atomic E-state index is 6.09. The van der Waals surface area contributed by atoms with E-state index in [9.17, 15) is 0 Å². The second kappa shape index (κ2) is 4.04. The molecule has 0 amide bonds. The van der Waals surface area contributed by atoms with Gasteiger partial charge in [0.25, 0.3) is 0 Å². The normalized spacial score (nSPS) is 25.8. The molecule has 0 aliphatic carbocycles. The summed E-state index contributed by atoms with van der Waals surface area (Å²) in [5.41, 5.74) is 2.51. The highest BCUT2D eigenvalue weighted by molar-refractivity contribution is 5.39. The number of allylic oxidation sites excluding steroid dienone is 1. The molecule has 2 aliphatic rings. The van der Waals surface area contributed by atoms with Crippen LogP contribution in [0.2, 0.25) is 0 Å². The number of nitrogens with zero attached hydrogens (tertiary/aromatic N) is 1. The second-order valence-corrected chi connectivity index (χ2v) is 5.98. The molecule has 0 radical (unpaired) electrons. The minimum absolute atomic E-state index is 0.0953. The smallest absolute Gasteiger partial charge is 0.125 e. The molecule has 18 heavy (non-hydrogen) atoms. The zero-order valence-electron chi connectivity index (χ0n) is 11.3. The fourth-order valence-corrected chi connectivity index (χ4v) is 3.17. The SMILES string of the molecule is C=C1CCCN1C1CC(C)(C)Oc2ccccc21. The number of hydrogen-bond donors (Lipinski definition) is 0. The van der Waals surface area contributed by atoms with E-state index in [2.05, 4.69) is 49.6 Å². The Bertz CT molecular complexity index is 478. The van der Waals surface area contributed by atoms with Crippen molar-refractivity contribution in [3.8, 4) is 5.75 Å². The topological polar surface area (TPSA) is 12.5 Å². The van der Waals surface area contributed by atoms with Crippen LogP contribution in [0.1, 0.15) is 44.7 Å². The van der Waals surface area contributed by atoms with Crippen LogP contribution < -0.4 is 4.74 Å². The summed E-state index contributed by atoms with van der Waals surface area (Å²) in [6.07, 6.45) is 3.40. The number of likely N-dealkylation sites (tertiary alicyclic amines) is 1. The zero-order chi connectivity index (χ0) is 12.8. The first-order valence-corrected chi connectivity index (χ1v) is 6.79. The van der Waals surface area contributed by atoms with Crippen molar-refractivity contribution in [3.63, 3.8) is 0 Å². The predicted octanol–water partition coefficient (Wildman–Crippen LogP) is 3.90. The molecule has 2 aliphatic heterocycles. The summed E-state index contributed by atoms with van der Waals surface area (Å²) >= 11 is 0. The van der Waals surface area contributed by atoms with Crippen LogP contribution >= 0.6 is 0 Å². The van der Waals surface area contributed by atoms with Crippen molar-refractivity contribution in [1.82, 2.24) is 4.90 Å². The predicted molar refractivity (Wildman–Crippen MR) is 73.6 cm³/mol. The number of ether oxygens (including phenoxy) is 1. The number of hydrogen-bond acceptors (Lipinski definition) is 2. The van der Waals surface area contributed by atoms with Gasteiger partial charge in [-0.2, -0.15) is 0 Å². The van der Waals surface area contributed by atoms with Gasteiger partial charge in [-0.05, 0) is 32.8 Å². The molecule has 1 atom stereocenters. The third-order valence-electron chi connectivity index (χ3n) is 4.00. The second-order valence-electron chi connectivity index (χ2n) is 5.98. The highest BCUT2D eigenvalue weighted by atomic mass is 16.5. The zero-order valence-corrected chi connectivity index (χ0v) is 11.3. The van der Waals surface area contributed by atoms with Crippen LogP contribution in [-0.2, 0) is 0 Å². The molecular formula is C16H21NO. The quantitative estimate of drug-likeness (QED) is 0.741. The minimum Gasteiger partial charge on any atom is -0.487 e. The lowest BCUT2D eigenvalue weighted by Crippen LogP contribution is -2.40. The van der Waals surface area contributed by atoms with Crippen molar-refractivity contribution in [3.05, 3.63) is 42.1 Å². The monoisotopic (exact) mass is 243 g/mol. The van der Waals surface area contributed by atoms with E-state index >= 15 is 0 Å². The first-order chi connectivity index (χ1) is 8.57. The Kier molecular flexibility index (Phi) is 2.61. The van der Waals surface area contributed by atoms with Crippen molar-refractivity contribution in [2.45, 2.75) is 44.8 Å². The van der Waals surface area contributed by atoms with Crippen LogP contribution in [0.4, 0.5) is 0 Å². The molecule has 2 nitrogen and oxygen atoms in total. The fraction of sp³-hybridized carbons (Fsp3) is 0.500. The van der Waals surface area contributed by atoms with Gasteiger partial charge in [-0.3, -0.25) is 0 Å². The Morgan fingerprint density at radius 1 is 1.33 bits per heavy atom. The maximum atomic E-state index is 6.09. The highest BCUT2D eigenvalue weighted by Crippen LogP contribution is 2.45. The molecule has 0 spiro atoms. The average molecular weight is 243 g/mol. The molecule has 1 aromatic carbocycles. The molecule has 1 unspecified atom stereocenters. The van der Waals surface area contributed by atoms with Crippen molar-refractivity contribution in [2.24, 2.45) is 0 Å². The molecule has 2 heteroatoms. The Morgan fingerprint density at radius 2 is 2.11 bits per heavy atom. The van der Waals surface area contributed by atoms with Gasteiger partial charge in [0, 0.05) is 24.2 Å². The molecule has 3 rings (SSSR count). The van der Waals surface area contributed by atoms with Crippen LogP contribution in [0.5, 0.6) is 5.75 Å². The average Bonchev–Trinajstić information content (AvgIpc) is 2.73. The molecule has 0 N–H and O–H groups in total. The van der Waals surface area contributed by atoms with Gasteiger partial charge in [0.1, 0.15) is 11.4 Å². The van der Waals surface area contributed by atoms with Gasteiger partial charge in [-0.1, -0.05) is 24.8 Å². The van der Waals surface area contributed by atoms with E-state index in [1.807, 2.05) is 0 Å². The first-order valence-electron chi connectivity index (χ1n) is 6.79. The fourth-order valence-electron chi connectivity index (χ4n) is 3.17. The summed E-state index contributed by atoms with van der Waals surface area (Å²) < 4.78 is 6.09. The Morgan fingerprint density at radius 3 is 2.83 bits per heavy atom. The lowest BCUT2D eigenvalue weighted by Gasteiger charge is -2.42. The molecule has 2 heterocycles. The highest BCUT2D eigenvalue weighted by Gasteiger charge is 2.37. The molecule has 1 aromatic rings. The maximum Gasteiger partial charge on any atom is 0.125 e. The molecule has 96 valence electrons. The van der Waals surface area contributed by atoms with Gasteiger partial charge >= 0.3 is 0 Å². The van der Waals surface area contributed by atoms with Crippen LogP contribution in [0, 0.1) is 0 Å². The first kappa shape index (κ1) is 11.6. The van der Waals surface area contributed by atoms with Gasteiger partial charge in [-0.15, -0.1) is 0 Å². The standard InChI is InChI=1S/C16H21NO/c1-12-7-6-10-17(12)14-11-16(2,3)18-15-9-5-4-8-13(14)15/h4-5,8-9,14H,1,6-7,10-11H2,2-3H3. The van der Waals surface area contributed by atoms with Crippen LogP contribution in [-0.4, -0.2) is 17.0 Å². The van der Waals surface area contributed by atoms with E-state index in [0.717, 1.165) is 25.1 Å². The Labute approximate surface area is 109 Å². The van der Waals surface area contributed by atoms with Crippen molar-refractivity contribution < 1.29 is 4.74 Å². The number of rotatable bonds is 1. The molecule has 0 saturated carbocycles. The molecule has 1 fully saturated rings. The summed E-state index contributed by atoms with van der Waals surface area (Å²) in [6.45, 7) is 9.70. The summed E-state index contributed by atoms with van der Waals surface area (Å²) in [5, 5.41) is 0. The van der Waals surface area contributed by atoms with E-state index in [4.69, 9.17) is 4.74 Å². The van der Waals surface area contributed by atoms with Crippen molar-refractivity contribution in [1.29, 1.82) is 0 Å². The van der Waals surface area contributed by atoms with Gasteiger partial charge in [-0.25, -0.2) is 0 Å². The van der Waals surface area contributed by atoms with E-state index in [1.165, 1.54) is 17.7 Å². The molecular weight excluding hydrogens is 222 g/mol. The summed E-state index contributed by atoms with van der Waals surface area (Å²) in [4.78, 5) is 2.48. The Balaban J connectivity index is 2.01. The molecule has 0 bridgehead atoms. The van der Waals surface area contributed by atoms with Crippen molar-refractivity contribution >= 4 is 0 Å². The van der Waals surface area contributed by atoms with Crippen LogP contribution in [0.3, 0.4) is 0 Å². The largest absolute Gasteiger partial charge is 0.487 e. The van der Waals surface area contributed by atoms with Crippen molar-refractivity contribution in [2.75, 3.05) is 6.54 Å². The third kappa shape index (κ3) is 1.90. The third-order valence-corrected chi connectivity index (χ3v) is 4.00. The lowest BCUT2D eigenvalue weighted by atomic mass is 9.88. The molecule has 1 saturated heterocycles. The number of fused-ring (bicyclic) bond motifs is 1. The number of benzene rings is 1. The van der Waals surface area contributed by atoms with Crippen LogP contribution in [0.25, 0.3) is 0 Å². The molecule has 0 aromatic heterocycles. The lowest BCUT2D eigenvalue weighted by molar-refractivity contribution is 0.0433. The van der Waals surface area contributed by atoms with E-state index in [0.29, 0.717) is 6.04 Å². The Hall–Kier alpha value is -1.44. The summed E-state index contributed by atoms with van der Waals surface area (Å²) in [5.74, 6) is 1.04. The van der Waals surface area contributed by atoms with Gasteiger partial charge in [0.15, 0.2) is 0 Å². The summed E-state index contributed by atoms with van der Waals surface area (Å²) in [6, 6.07) is 8.87. The van der Waals surface area contributed by atoms with E-state index in [-0.39, 0.29) is 5.60 Å². The van der Waals surface area contributed by atoms with E-state index in [1.54, 1.807) is 0 Å². The van der Waals surface area contributed by atoms with Gasteiger partial charge in [0.05, 0.1) is 6.04 Å². The van der Waals surface area contributed by atoms with Gasteiger partial charge in [0.2, 0.25) is 0 Å². The van der Waals surface area contributed by atoms with E-state index < -0.39 is 0 Å². The van der Waals surface area contributed by atoms with Gasteiger partial charge < -0.3 is 9.64 Å².